The molecule has 1 aliphatic heterocycles. The maximum atomic E-state index is 11.1. The minimum absolute atomic E-state index is 0. The Kier molecular flexibility index (Phi) is 44.2. The molecule has 9 heteroatoms. The van der Waals surface area contributed by atoms with Crippen molar-refractivity contribution in [3.63, 3.8) is 0 Å². The second-order valence-corrected chi connectivity index (χ2v) is 10.1. The predicted molar refractivity (Wildman–Crippen MR) is 188 cm³/mol. The number of allylic oxidation sites excluding steroid dienone is 3. The molecule has 0 spiro atoms. The summed E-state index contributed by atoms with van der Waals surface area (Å²) in [6.07, 6.45) is 23.4. The van der Waals surface area contributed by atoms with E-state index in [1.807, 2.05) is 25.2 Å². The van der Waals surface area contributed by atoms with Crippen LogP contribution in [0.5, 0.6) is 0 Å². The first-order valence-corrected chi connectivity index (χ1v) is 14.7. The standard InChI is InChI=1S/C11H18O2.C11H20O2.C10H18O2.3H2S/c1-2-3-4-5-6-7-10-8-9-13-11(10)12;1-3-5-6-7-8-9-10(4-2)11(12)13;1-3-4-5-6-7-8-9(2)10(11)12;;;/h2,10H,1,3-9H2;3,10H,1,4-9H2,2H3,(H,12,13);3,9H,1,4-8H2,2H3,(H,11,12);3*1H2/t2*10-;9-;;;/m100.../s1. The van der Waals surface area contributed by atoms with Gasteiger partial charge in [0.05, 0.1) is 24.4 Å². The van der Waals surface area contributed by atoms with Gasteiger partial charge < -0.3 is 14.9 Å². The Bertz CT molecular complexity index is 641. The first-order valence-electron chi connectivity index (χ1n) is 14.7. The SMILES string of the molecule is C=CCCCCC[C@@H]1CCOC1=O.C=CCCCCC[C@H](C)C(=O)O.C=CCCCCC[C@H](CC)C(=O)O.S.S.S. The van der Waals surface area contributed by atoms with Gasteiger partial charge in [-0.15, -0.1) is 19.7 Å². The van der Waals surface area contributed by atoms with Crippen LogP contribution >= 0.6 is 40.5 Å². The molecule has 0 bridgehead atoms. The van der Waals surface area contributed by atoms with Crippen LogP contribution in [0.25, 0.3) is 0 Å². The molecule has 2 N–H and O–H groups in total. The second-order valence-electron chi connectivity index (χ2n) is 10.1. The molecule has 41 heavy (non-hydrogen) atoms. The van der Waals surface area contributed by atoms with Crippen LogP contribution in [-0.4, -0.2) is 34.7 Å². The lowest BCUT2D eigenvalue weighted by molar-refractivity contribution is -0.142. The molecule has 1 saturated heterocycles. The van der Waals surface area contributed by atoms with Gasteiger partial charge in [0.2, 0.25) is 0 Å². The lowest BCUT2D eigenvalue weighted by Gasteiger charge is -2.08. The van der Waals surface area contributed by atoms with Crippen molar-refractivity contribution >= 4 is 58.4 Å². The molecule has 0 aromatic heterocycles. The van der Waals surface area contributed by atoms with Crippen LogP contribution in [0.4, 0.5) is 0 Å². The highest BCUT2D eigenvalue weighted by Crippen LogP contribution is 2.21. The molecule has 1 fully saturated rings. The summed E-state index contributed by atoms with van der Waals surface area (Å²) in [6.45, 7) is 15.3. The van der Waals surface area contributed by atoms with Crippen LogP contribution in [0.15, 0.2) is 38.0 Å². The summed E-state index contributed by atoms with van der Waals surface area (Å²) in [5.41, 5.74) is 0. The molecular formula is C32H62O6S3. The highest BCUT2D eigenvalue weighted by Gasteiger charge is 2.25. The second kappa shape index (κ2) is 36.7. The predicted octanol–water partition coefficient (Wildman–Crippen LogP) is 9.10. The number of carboxylic acids is 2. The van der Waals surface area contributed by atoms with E-state index in [9.17, 15) is 14.4 Å². The third kappa shape index (κ3) is 33.1. The van der Waals surface area contributed by atoms with E-state index in [1.54, 1.807) is 6.92 Å². The third-order valence-corrected chi connectivity index (χ3v) is 6.77. The molecule has 3 atom stereocenters. The van der Waals surface area contributed by atoms with Crippen molar-refractivity contribution < 1.29 is 29.3 Å². The Morgan fingerprint density at radius 2 is 1.27 bits per heavy atom. The lowest BCUT2D eigenvalue weighted by atomic mass is 9.98. The van der Waals surface area contributed by atoms with Gasteiger partial charge in [0.25, 0.3) is 0 Å². The molecular weight excluding hydrogens is 577 g/mol. The summed E-state index contributed by atoms with van der Waals surface area (Å²) in [6, 6.07) is 0. The summed E-state index contributed by atoms with van der Waals surface area (Å²) in [5, 5.41) is 17.3. The minimum atomic E-state index is -0.682. The summed E-state index contributed by atoms with van der Waals surface area (Å²) < 4.78 is 4.89. The van der Waals surface area contributed by atoms with Crippen LogP contribution in [-0.2, 0) is 19.1 Å². The molecule has 0 aromatic rings. The van der Waals surface area contributed by atoms with Gasteiger partial charge in [0.1, 0.15) is 0 Å². The average molecular weight is 639 g/mol. The van der Waals surface area contributed by atoms with Gasteiger partial charge in [-0.2, -0.15) is 40.5 Å². The number of unbranched alkanes of at least 4 members (excludes halogenated alkanes) is 9. The zero-order chi connectivity index (χ0) is 29.0. The topological polar surface area (TPSA) is 101 Å². The van der Waals surface area contributed by atoms with Crippen LogP contribution < -0.4 is 0 Å². The Balaban J connectivity index is -0.000000153. The molecule has 0 amide bonds. The van der Waals surface area contributed by atoms with E-state index in [0.29, 0.717) is 6.61 Å². The van der Waals surface area contributed by atoms with E-state index in [-0.39, 0.29) is 64.2 Å². The summed E-state index contributed by atoms with van der Waals surface area (Å²) in [7, 11) is 0. The monoisotopic (exact) mass is 638 g/mol. The van der Waals surface area contributed by atoms with Crippen LogP contribution in [0.3, 0.4) is 0 Å². The van der Waals surface area contributed by atoms with Crippen molar-refractivity contribution in [2.45, 2.75) is 123 Å². The molecule has 244 valence electrons. The maximum Gasteiger partial charge on any atom is 0.309 e. The van der Waals surface area contributed by atoms with Crippen molar-refractivity contribution in [2.75, 3.05) is 6.61 Å². The van der Waals surface area contributed by atoms with E-state index in [1.165, 1.54) is 12.8 Å². The van der Waals surface area contributed by atoms with Gasteiger partial charge in [0.15, 0.2) is 0 Å². The molecule has 0 aromatic carbocycles. The molecule has 1 rings (SSSR count). The quantitative estimate of drug-likeness (QED) is 0.0739. The average Bonchev–Trinajstić information content (AvgIpc) is 3.30. The van der Waals surface area contributed by atoms with Gasteiger partial charge in [-0.25, -0.2) is 0 Å². The number of carbonyl (C=O) groups is 3. The smallest absolute Gasteiger partial charge is 0.309 e. The molecule has 0 saturated carbocycles. The van der Waals surface area contributed by atoms with Crippen molar-refractivity contribution in [2.24, 2.45) is 17.8 Å². The fourth-order valence-corrected chi connectivity index (χ4v) is 4.05. The summed E-state index contributed by atoms with van der Waals surface area (Å²) in [5.74, 6) is -1.44. The fraction of sp³-hybridized carbons (Fsp3) is 0.719. The normalized spacial score (nSPS) is 14.4. The molecule has 0 unspecified atom stereocenters. The van der Waals surface area contributed by atoms with Gasteiger partial charge in [0, 0.05) is 0 Å². The van der Waals surface area contributed by atoms with Gasteiger partial charge in [-0.1, -0.05) is 70.6 Å². The number of ether oxygens (including phenoxy) is 1. The summed E-state index contributed by atoms with van der Waals surface area (Å²) in [4.78, 5) is 32.1. The largest absolute Gasteiger partial charge is 0.481 e. The van der Waals surface area contributed by atoms with E-state index >= 15 is 0 Å². The maximum absolute atomic E-state index is 11.1. The van der Waals surface area contributed by atoms with Crippen LogP contribution in [0.1, 0.15) is 123 Å². The van der Waals surface area contributed by atoms with Gasteiger partial charge in [-0.05, 0) is 70.6 Å². The molecule has 1 heterocycles. The van der Waals surface area contributed by atoms with Crippen LogP contribution in [0.2, 0.25) is 0 Å². The van der Waals surface area contributed by atoms with E-state index in [4.69, 9.17) is 14.9 Å². The Labute approximate surface area is 272 Å². The number of cyclic esters (lactones) is 1. The summed E-state index contributed by atoms with van der Waals surface area (Å²) >= 11 is 0. The Hall–Kier alpha value is -1.32. The first kappa shape index (κ1) is 49.4. The Morgan fingerprint density at radius 1 is 0.805 bits per heavy atom. The van der Waals surface area contributed by atoms with Crippen molar-refractivity contribution in [3.05, 3.63) is 38.0 Å². The van der Waals surface area contributed by atoms with Crippen LogP contribution in [0, 0.1) is 17.8 Å². The highest BCUT2D eigenvalue weighted by atomic mass is 32.1. The van der Waals surface area contributed by atoms with E-state index in [0.717, 1.165) is 96.3 Å². The third-order valence-electron chi connectivity index (χ3n) is 6.77. The number of aliphatic carboxylic acids is 2. The number of hydrogen-bond donors (Lipinski definition) is 2. The molecule has 0 aliphatic carbocycles. The van der Waals surface area contributed by atoms with Gasteiger partial charge >= 0.3 is 17.9 Å². The zero-order valence-electron chi connectivity index (χ0n) is 25.8. The van der Waals surface area contributed by atoms with Crippen molar-refractivity contribution in [3.8, 4) is 0 Å². The number of carbonyl (C=O) groups excluding carboxylic acids is 1. The van der Waals surface area contributed by atoms with Crippen molar-refractivity contribution in [1.29, 1.82) is 0 Å². The van der Waals surface area contributed by atoms with Gasteiger partial charge in [-0.3, -0.25) is 14.4 Å². The number of esters is 1. The fourth-order valence-electron chi connectivity index (χ4n) is 4.05. The number of carboxylic acid groups (broad SMARTS) is 2. The minimum Gasteiger partial charge on any atom is -0.481 e. The van der Waals surface area contributed by atoms with E-state index in [2.05, 4.69) is 19.7 Å². The number of rotatable bonds is 21. The highest BCUT2D eigenvalue weighted by molar-refractivity contribution is 7.59. The zero-order valence-corrected chi connectivity index (χ0v) is 28.8. The lowest BCUT2D eigenvalue weighted by Crippen LogP contribution is -2.12. The first-order chi connectivity index (χ1) is 18.2. The molecule has 1 aliphatic rings. The Morgan fingerprint density at radius 3 is 1.63 bits per heavy atom. The molecule has 6 nitrogen and oxygen atoms in total. The number of hydrogen-bond acceptors (Lipinski definition) is 4. The van der Waals surface area contributed by atoms with E-state index < -0.39 is 11.9 Å². The van der Waals surface area contributed by atoms with Crippen molar-refractivity contribution in [1.82, 2.24) is 0 Å². The molecule has 0 radical (unpaired) electrons.